The van der Waals surface area contributed by atoms with E-state index in [0.717, 1.165) is 0 Å². The van der Waals surface area contributed by atoms with Crippen LogP contribution in [0.1, 0.15) is 19.3 Å². The average molecular weight is 813 g/mol. The fraction of sp³-hybridized carbons (Fsp3) is 0.909. The quantitative estimate of drug-likeness (QED) is 0.0643. The lowest BCUT2D eigenvalue weighted by Crippen LogP contribution is -2.67. The summed E-state index contributed by atoms with van der Waals surface area (Å²) in [6, 6.07) is -4.44. The van der Waals surface area contributed by atoms with Gasteiger partial charge in [-0.3, -0.25) is 4.79 Å². The molecule has 19 atom stereocenters. The summed E-state index contributed by atoms with van der Waals surface area (Å²) < 4.78 is 50.0. The molecule has 4 fully saturated rings. The molecule has 0 aromatic rings. The number of hydrogen-bond donors (Lipinski definition) is 15. The Bertz CT molecular complexity index is 1280. The van der Waals surface area contributed by atoms with E-state index in [9.17, 15) is 44.9 Å². The lowest BCUT2D eigenvalue weighted by atomic mass is 9.83. The molecule has 23 heteroatoms. The number of carbonyl (C=O) groups excluding carboxylic acids is 1. The van der Waals surface area contributed by atoms with E-state index in [-0.39, 0.29) is 19.5 Å². The largest absolute Gasteiger partial charge is 0.394 e. The topological polar surface area (TPSA) is 380 Å². The van der Waals surface area contributed by atoms with Crippen molar-refractivity contribution in [3.05, 3.63) is 12.2 Å². The Morgan fingerprint density at radius 1 is 0.893 bits per heavy atom. The highest BCUT2D eigenvalue weighted by atomic mass is 19.1. The van der Waals surface area contributed by atoms with Gasteiger partial charge in [-0.1, -0.05) is 12.2 Å². The normalized spacial score (nSPS) is 44.0. The van der Waals surface area contributed by atoms with E-state index in [0.29, 0.717) is 32.5 Å². The van der Waals surface area contributed by atoms with Crippen LogP contribution in [0.25, 0.3) is 0 Å². The summed E-state index contributed by atoms with van der Waals surface area (Å²) in [5.41, 5.74) is 29.0. The van der Waals surface area contributed by atoms with Crippen molar-refractivity contribution in [3.8, 4) is 0 Å². The van der Waals surface area contributed by atoms with Crippen molar-refractivity contribution in [3.63, 3.8) is 0 Å². The first-order chi connectivity index (χ1) is 26.6. The predicted molar refractivity (Wildman–Crippen MR) is 190 cm³/mol. The number of nitrogens with one attached hydrogen (secondary N) is 3. The fourth-order valence-electron chi connectivity index (χ4n) is 7.55. The maximum absolute atomic E-state index is 14.1. The van der Waals surface area contributed by atoms with Gasteiger partial charge in [0.2, 0.25) is 0 Å². The zero-order valence-electron chi connectivity index (χ0n) is 30.9. The molecule has 1 amide bonds. The van der Waals surface area contributed by atoms with Crippen molar-refractivity contribution in [2.24, 2.45) is 28.7 Å². The Balaban J connectivity index is 1.32. The van der Waals surface area contributed by atoms with Crippen LogP contribution in [0.15, 0.2) is 12.2 Å². The highest BCUT2D eigenvalue weighted by Crippen LogP contribution is 2.34. The molecule has 4 heterocycles. The number of piperidine rings is 1. The van der Waals surface area contributed by atoms with Gasteiger partial charge in [-0.2, -0.15) is 0 Å². The van der Waals surface area contributed by atoms with Gasteiger partial charge in [0.25, 0.3) is 5.91 Å². The van der Waals surface area contributed by atoms with Crippen molar-refractivity contribution in [1.82, 2.24) is 16.0 Å². The number of aliphatic hydroxyl groups excluding tert-OH is 6. The molecule has 3 saturated heterocycles. The van der Waals surface area contributed by atoms with Crippen LogP contribution in [-0.2, 0) is 33.2 Å². The third-order valence-corrected chi connectivity index (χ3v) is 11.0. The Labute approximate surface area is 323 Å². The summed E-state index contributed by atoms with van der Waals surface area (Å²) in [6.45, 7) is 0.423. The van der Waals surface area contributed by atoms with Crippen molar-refractivity contribution in [2.45, 2.75) is 141 Å². The average Bonchev–Trinajstić information content (AvgIpc) is 3.48. The van der Waals surface area contributed by atoms with Crippen molar-refractivity contribution >= 4 is 5.91 Å². The smallest absolute Gasteiger partial charge is 0.252 e. The summed E-state index contributed by atoms with van der Waals surface area (Å²) in [7, 11) is 0. The Morgan fingerprint density at radius 2 is 1.55 bits per heavy atom. The standard InChI is InChI=1S/C33H61FN8O14/c34-14(8-35)21(44)29(49)42-17-7-16(38)26(54-30-15(37)2-1-13(51-30)10-41-12-33(50)3-5-40-6-4-33)28(22(17)45)56-32-25(48)27(19(11-43)53-32)55-31-20(39)24(47)23(46)18(9-36)52-31/h1-2,13-28,30-32,40-41,43-48,50H,3-12,35-39H2,(H,42,49)/t13-,14-,15+,16-,17+,18-,19+,20+,21?,22-,23+,24+,25+,26+,27+,28+,30+,31+,32-/m0/s1. The van der Waals surface area contributed by atoms with Crippen LogP contribution in [-0.4, -0.2) is 209 Å². The van der Waals surface area contributed by atoms with Crippen LogP contribution >= 0.6 is 0 Å². The minimum atomic E-state index is -2.16. The zero-order valence-corrected chi connectivity index (χ0v) is 30.9. The molecule has 1 unspecified atom stereocenters. The summed E-state index contributed by atoms with van der Waals surface area (Å²) in [5.74, 6) is -1.18. The summed E-state index contributed by atoms with van der Waals surface area (Å²) in [6.07, 6.45) is -17.6. The van der Waals surface area contributed by atoms with E-state index in [1.165, 1.54) is 0 Å². The number of alkyl halides is 1. The van der Waals surface area contributed by atoms with Crippen molar-refractivity contribution in [1.29, 1.82) is 0 Å². The Hall–Kier alpha value is -1.66. The first-order valence-corrected chi connectivity index (χ1v) is 19.0. The summed E-state index contributed by atoms with van der Waals surface area (Å²) in [4.78, 5) is 12.8. The number of halogens is 1. The second-order valence-electron chi connectivity index (χ2n) is 15.2. The van der Waals surface area contributed by atoms with E-state index in [2.05, 4.69) is 16.0 Å². The predicted octanol–water partition coefficient (Wildman–Crippen LogP) is -8.50. The minimum Gasteiger partial charge on any atom is -0.394 e. The van der Waals surface area contributed by atoms with E-state index < -0.39 is 141 Å². The van der Waals surface area contributed by atoms with Gasteiger partial charge in [0, 0.05) is 32.2 Å². The molecular weight excluding hydrogens is 751 g/mol. The van der Waals surface area contributed by atoms with Gasteiger partial charge >= 0.3 is 0 Å². The molecule has 4 aliphatic heterocycles. The molecule has 20 N–H and O–H groups in total. The molecule has 1 saturated carbocycles. The number of ether oxygens (including phenoxy) is 6. The number of carbonyl (C=O) groups is 1. The van der Waals surface area contributed by atoms with Gasteiger partial charge in [0.1, 0.15) is 61.1 Å². The van der Waals surface area contributed by atoms with E-state index in [1.807, 2.05) is 0 Å². The SMILES string of the molecule is NC[C@@H]1O[C@H](O[C@H]2[C@@H](O)[C@H](O[C@@H]3[C@@H](O)[C@H](NC(=O)C(O)[C@@H](F)CN)C[C@H](N)[C@H]3O[C@H]3O[C@H](CNCC4(O)CCNCC4)C=C[C@H]3N)O[C@@H]2CO)[C@H](N)[C@@H](O)[C@@H]1O. The summed E-state index contributed by atoms with van der Waals surface area (Å²) in [5, 5.41) is 83.8. The van der Waals surface area contributed by atoms with Gasteiger partial charge in [-0.25, -0.2) is 4.39 Å². The van der Waals surface area contributed by atoms with Crippen molar-refractivity contribution < 1.29 is 73.4 Å². The Morgan fingerprint density at radius 3 is 2.21 bits per heavy atom. The molecule has 5 rings (SSSR count). The lowest BCUT2D eigenvalue weighted by Gasteiger charge is -2.46. The molecule has 22 nitrogen and oxygen atoms in total. The molecule has 0 bridgehead atoms. The van der Waals surface area contributed by atoms with Crippen LogP contribution in [0, 0.1) is 0 Å². The molecular formula is C33H61FN8O14. The van der Waals surface area contributed by atoms with E-state index >= 15 is 0 Å². The molecule has 0 aromatic heterocycles. The van der Waals surface area contributed by atoms with Gasteiger partial charge in [0.15, 0.2) is 25.0 Å². The number of aliphatic hydroxyl groups is 7. The summed E-state index contributed by atoms with van der Waals surface area (Å²) >= 11 is 0. The number of nitrogens with two attached hydrogens (primary N) is 5. The first kappa shape index (κ1) is 45.4. The molecule has 0 radical (unpaired) electrons. The minimum absolute atomic E-state index is 0.174. The maximum atomic E-state index is 14.1. The van der Waals surface area contributed by atoms with Gasteiger partial charge in [-0.05, 0) is 32.4 Å². The van der Waals surface area contributed by atoms with E-state index in [4.69, 9.17) is 57.1 Å². The zero-order chi connectivity index (χ0) is 40.9. The van der Waals surface area contributed by atoms with E-state index in [1.54, 1.807) is 12.2 Å². The Kier molecular flexibility index (Phi) is 16.3. The number of amides is 1. The monoisotopic (exact) mass is 812 g/mol. The van der Waals surface area contributed by atoms with Crippen LogP contribution in [0.2, 0.25) is 0 Å². The third kappa shape index (κ3) is 10.6. The molecule has 56 heavy (non-hydrogen) atoms. The third-order valence-electron chi connectivity index (χ3n) is 11.0. The van der Waals surface area contributed by atoms with Gasteiger partial charge in [-0.15, -0.1) is 0 Å². The van der Waals surface area contributed by atoms with Crippen LogP contribution < -0.4 is 44.6 Å². The number of rotatable bonds is 16. The second-order valence-corrected chi connectivity index (χ2v) is 15.2. The van der Waals surface area contributed by atoms with Gasteiger partial charge in [0.05, 0.1) is 36.4 Å². The lowest BCUT2D eigenvalue weighted by molar-refractivity contribution is -0.284. The molecule has 1 aliphatic carbocycles. The highest BCUT2D eigenvalue weighted by Gasteiger charge is 2.54. The maximum Gasteiger partial charge on any atom is 0.252 e. The van der Waals surface area contributed by atoms with Crippen LogP contribution in [0.5, 0.6) is 0 Å². The first-order valence-electron chi connectivity index (χ1n) is 19.0. The molecule has 0 spiro atoms. The van der Waals surface area contributed by atoms with Crippen LogP contribution in [0.4, 0.5) is 4.39 Å². The second kappa shape index (κ2) is 20.1. The molecule has 324 valence electrons. The van der Waals surface area contributed by atoms with Crippen molar-refractivity contribution in [2.75, 3.05) is 45.9 Å². The highest BCUT2D eigenvalue weighted by molar-refractivity contribution is 5.81. The molecule has 0 aromatic carbocycles. The van der Waals surface area contributed by atoms with Gasteiger partial charge < -0.3 is 109 Å². The fourth-order valence-corrected chi connectivity index (χ4v) is 7.55. The molecule has 5 aliphatic rings. The van der Waals surface area contributed by atoms with Crippen LogP contribution in [0.3, 0.4) is 0 Å². The number of hydrogen-bond acceptors (Lipinski definition) is 21.